The summed E-state index contributed by atoms with van der Waals surface area (Å²) in [5.41, 5.74) is 6.71. The summed E-state index contributed by atoms with van der Waals surface area (Å²) in [6, 6.07) is 4.79. The van der Waals surface area contributed by atoms with Gasteiger partial charge in [-0.15, -0.1) is 0 Å². The minimum atomic E-state index is -0.478. The van der Waals surface area contributed by atoms with Gasteiger partial charge in [0.2, 0.25) is 0 Å². The molecule has 2 N–H and O–H groups in total. The van der Waals surface area contributed by atoms with E-state index in [-0.39, 0.29) is 11.4 Å². The zero-order valence-electron chi connectivity index (χ0n) is 10.0. The minimum Gasteiger partial charge on any atom is -0.393 e. The van der Waals surface area contributed by atoms with E-state index in [1.54, 1.807) is 18.3 Å². The van der Waals surface area contributed by atoms with Gasteiger partial charge in [-0.2, -0.15) is 0 Å². The lowest BCUT2D eigenvalue weighted by atomic mass is 10.1. The van der Waals surface area contributed by atoms with Crippen LogP contribution in [0.2, 0.25) is 0 Å². The lowest BCUT2D eigenvalue weighted by Gasteiger charge is -2.07. The van der Waals surface area contributed by atoms with Gasteiger partial charge in [0.15, 0.2) is 0 Å². The van der Waals surface area contributed by atoms with E-state index in [0.29, 0.717) is 6.54 Å². The Hall–Kier alpha value is -2.37. The third-order valence-corrected chi connectivity index (χ3v) is 2.76. The van der Waals surface area contributed by atoms with Crippen LogP contribution in [0.4, 0.5) is 11.4 Å². The summed E-state index contributed by atoms with van der Waals surface area (Å²) < 4.78 is 2.00. The fourth-order valence-corrected chi connectivity index (χ4v) is 1.86. The molecule has 1 heterocycles. The molecule has 0 saturated carbocycles. The van der Waals surface area contributed by atoms with Crippen molar-refractivity contribution < 1.29 is 4.92 Å². The molecular weight excluding hydrogens is 232 g/mol. The minimum absolute atomic E-state index is 0.0555. The fourth-order valence-electron chi connectivity index (χ4n) is 1.86. The molecule has 2 rings (SSSR count). The average molecular weight is 246 g/mol. The molecule has 0 atom stereocenters. The number of nitro benzene ring substituents is 1. The van der Waals surface area contributed by atoms with Crippen molar-refractivity contribution in [2.75, 3.05) is 5.73 Å². The molecular formula is C12H14N4O2. The molecule has 0 aliphatic rings. The lowest BCUT2D eigenvalue weighted by Crippen LogP contribution is -2.04. The predicted molar refractivity (Wildman–Crippen MR) is 68.2 cm³/mol. The van der Waals surface area contributed by atoms with Gasteiger partial charge in [0, 0.05) is 31.4 Å². The molecule has 0 saturated heterocycles. The first-order valence-electron chi connectivity index (χ1n) is 5.64. The molecule has 0 spiro atoms. The highest BCUT2D eigenvalue weighted by Crippen LogP contribution is 2.22. The molecule has 0 amide bonds. The number of hydrogen-bond donors (Lipinski definition) is 1. The second-order valence-electron chi connectivity index (χ2n) is 3.98. The molecule has 0 bridgehead atoms. The summed E-state index contributed by atoms with van der Waals surface area (Å²) >= 11 is 0. The van der Waals surface area contributed by atoms with Gasteiger partial charge in [-0.3, -0.25) is 10.1 Å². The standard InChI is InChI=1S/C12H14N4O2/c1-2-12-14-5-6-15(12)8-9-3-4-11(16(17)18)10(13)7-9/h3-7H,2,8,13H2,1H3. The van der Waals surface area contributed by atoms with Crippen molar-refractivity contribution in [2.45, 2.75) is 19.9 Å². The Labute approximate surface area is 104 Å². The summed E-state index contributed by atoms with van der Waals surface area (Å²) in [7, 11) is 0. The van der Waals surface area contributed by atoms with E-state index in [1.165, 1.54) is 6.07 Å². The average Bonchev–Trinajstić information content (AvgIpc) is 2.76. The number of aromatic nitrogens is 2. The van der Waals surface area contributed by atoms with Gasteiger partial charge in [0.25, 0.3) is 5.69 Å². The number of nitro groups is 1. The van der Waals surface area contributed by atoms with Gasteiger partial charge >= 0.3 is 0 Å². The molecule has 1 aromatic carbocycles. The van der Waals surface area contributed by atoms with Crippen molar-refractivity contribution in [1.29, 1.82) is 0 Å². The second kappa shape index (κ2) is 4.87. The van der Waals surface area contributed by atoms with Gasteiger partial charge in [0.1, 0.15) is 11.5 Å². The Morgan fingerprint density at radius 1 is 1.50 bits per heavy atom. The molecule has 94 valence electrons. The van der Waals surface area contributed by atoms with Crippen molar-refractivity contribution in [1.82, 2.24) is 9.55 Å². The maximum atomic E-state index is 10.7. The maximum absolute atomic E-state index is 10.7. The number of hydrogen-bond acceptors (Lipinski definition) is 4. The SMILES string of the molecule is CCc1nccn1Cc1ccc([N+](=O)[O-])c(N)c1. The lowest BCUT2D eigenvalue weighted by molar-refractivity contribution is -0.383. The molecule has 0 radical (unpaired) electrons. The molecule has 6 nitrogen and oxygen atoms in total. The summed E-state index contributed by atoms with van der Waals surface area (Å²) in [5.74, 6) is 0.979. The number of anilines is 1. The van der Waals surface area contributed by atoms with Crippen LogP contribution in [0.5, 0.6) is 0 Å². The van der Waals surface area contributed by atoms with Gasteiger partial charge < -0.3 is 10.3 Å². The van der Waals surface area contributed by atoms with E-state index in [4.69, 9.17) is 5.73 Å². The van der Waals surface area contributed by atoms with E-state index >= 15 is 0 Å². The van der Waals surface area contributed by atoms with Crippen LogP contribution >= 0.6 is 0 Å². The van der Waals surface area contributed by atoms with E-state index in [9.17, 15) is 10.1 Å². The van der Waals surface area contributed by atoms with E-state index in [0.717, 1.165) is 17.8 Å². The van der Waals surface area contributed by atoms with Crippen molar-refractivity contribution >= 4 is 11.4 Å². The molecule has 0 aliphatic heterocycles. The summed E-state index contributed by atoms with van der Waals surface area (Å²) in [5, 5.41) is 10.7. The maximum Gasteiger partial charge on any atom is 0.292 e. The van der Waals surface area contributed by atoms with Crippen LogP contribution in [0.3, 0.4) is 0 Å². The largest absolute Gasteiger partial charge is 0.393 e. The number of nitrogen functional groups attached to an aromatic ring is 1. The smallest absolute Gasteiger partial charge is 0.292 e. The van der Waals surface area contributed by atoms with Gasteiger partial charge in [0.05, 0.1) is 4.92 Å². The van der Waals surface area contributed by atoms with Crippen LogP contribution in [-0.2, 0) is 13.0 Å². The topological polar surface area (TPSA) is 87.0 Å². The van der Waals surface area contributed by atoms with Crippen LogP contribution in [0.25, 0.3) is 0 Å². The fraction of sp³-hybridized carbons (Fsp3) is 0.250. The summed E-state index contributed by atoms with van der Waals surface area (Å²) in [6.07, 6.45) is 4.47. The number of benzene rings is 1. The molecule has 0 unspecified atom stereocenters. The van der Waals surface area contributed by atoms with Gasteiger partial charge in [-0.25, -0.2) is 4.98 Å². The quantitative estimate of drug-likeness (QED) is 0.507. The zero-order chi connectivity index (χ0) is 13.1. The van der Waals surface area contributed by atoms with Crippen LogP contribution in [0, 0.1) is 10.1 Å². The van der Waals surface area contributed by atoms with Crippen LogP contribution in [0.1, 0.15) is 18.3 Å². The van der Waals surface area contributed by atoms with Crippen LogP contribution < -0.4 is 5.73 Å². The number of nitrogens with zero attached hydrogens (tertiary/aromatic N) is 3. The van der Waals surface area contributed by atoms with Gasteiger partial charge in [-0.05, 0) is 11.6 Å². The van der Waals surface area contributed by atoms with E-state index in [2.05, 4.69) is 4.98 Å². The molecule has 2 aromatic rings. The Kier molecular flexibility index (Phi) is 3.27. The Bertz CT molecular complexity index is 577. The Morgan fingerprint density at radius 2 is 2.28 bits per heavy atom. The molecule has 0 aliphatic carbocycles. The highest BCUT2D eigenvalue weighted by atomic mass is 16.6. The first-order chi connectivity index (χ1) is 8.61. The van der Waals surface area contributed by atoms with Gasteiger partial charge in [-0.1, -0.05) is 13.0 Å². The second-order valence-corrected chi connectivity index (χ2v) is 3.98. The number of rotatable bonds is 4. The number of aryl methyl sites for hydroxylation is 1. The van der Waals surface area contributed by atoms with Crippen molar-refractivity contribution in [3.05, 3.63) is 52.1 Å². The highest BCUT2D eigenvalue weighted by Gasteiger charge is 2.11. The summed E-state index contributed by atoms with van der Waals surface area (Å²) in [6.45, 7) is 2.65. The Balaban J connectivity index is 2.25. The molecule has 0 fully saturated rings. The first kappa shape index (κ1) is 12.1. The summed E-state index contributed by atoms with van der Waals surface area (Å²) in [4.78, 5) is 14.4. The monoisotopic (exact) mass is 246 g/mol. The third kappa shape index (κ3) is 2.32. The molecule has 6 heteroatoms. The van der Waals surface area contributed by atoms with E-state index in [1.807, 2.05) is 17.7 Å². The highest BCUT2D eigenvalue weighted by molar-refractivity contribution is 5.59. The molecule has 18 heavy (non-hydrogen) atoms. The normalized spacial score (nSPS) is 10.5. The van der Waals surface area contributed by atoms with Crippen LogP contribution in [0.15, 0.2) is 30.6 Å². The molecule has 1 aromatic heterocycles. The van der Waals surface area contributed by atoms with Crippen molar-refractivity contribution in [2.24, 2.45) is 0 Å². The van der Waals surface area contributed by atoms with Crippen molar-refractivity contribution in [3.63, 3.8) is 0 Å². The van der Waals surface area contributed by atoms with E-state index < -0.39 is 4.92 Å². The zero-order valence-corrected chi connectivity index (χ0v) is 10.0. The number of nitrogens with two attached hydrogens (primary N) is 1. The number of imidazole rings is 1. The predicted octanol–water partition coefficient (Wildman–Crippen LogP) is 1.98. The third-order valence-electron chi connectivity index (χ3n) is 2.76. The first-order valence-corrected chi connectivity index (χ1v) is 5.64. The van der Waals surface area contributed by atoms with Crippen LogP contribution in [-0.4, -0.2) is 14.5 Å². The van der Waals surface area contributed by atoms with Crippen molar-refractivity contribution in [3.8, 4) is 0 Å². The Morgan fingerprint density at radius 3 is 2.89 bits per heavy atom.